The third kappa shape index (κ3) is 6.37. The second kappa shape index (κ2) is 10.3. The molecule has 1 unspecified atom stereocenters. The van der Waals surface area contributed by atoms with Crippen LogP contribution in [0.2, 0.25) is 0 Å². The number of hydrogen-bond acceptors (Lipinski definition) is 7. The number of hydrogen-bond donors (Lipinski definition) is 3. The van der Waals surface area contributed by atoms with Gasteiger partial charge in [0.15, 0.2) is 5.16 Å². The molecule has 0 spiro atoms. The molecule has 2 heterocycles. The highest BCUT2D eigenvalue weighted by Gasteiger charge is 2.11. The molecule has 0 aliphatic carbocycles. The van der Waals surface area contributed by atoms with Crippen molar-refractivity contribution in [1.82, 2.24) is 20.3 Å². The lowest BCUT2D eigenvalue weighted by molar-refractivity contribution is -0.118. The fraction of sp³-hybridized carbons (Fsp3) is 0.150. The van der Waals surface area contributed by atoms with Gasteiger partial charge >= 0.3 is 0 Å². The number of carbonyl (C=O) groups is 2. The third-order valence-electron chi connectivity index (χ3n) is 3.93. The average Bonchev–Trinajstić information content (AvgIpc) is 2.77. The molecule has 148 valence electrons. The lowest BCUT2D eigenvalue weighted by Crippen LogP contribution is -2.33. The van der Waals surface area contributed by atoms with Crippen LogP contribution in [0.15, 0.2) is 72.4 Å². The second-order valence-electron chi connectivity index (χ2n) is 6.04. The van der Waals surface area contributed by atoms with Gasteiger partial charge in [-0.2, -0.15) is 0 Å². The van der Waals surface area contributed by atoms with E-state index < -0.39 is 0 Å². The van der Waals surface area contributed by atoms with Gasteiger partial charge in [-0.1, -0.05) is 23.9 Å². The molecular weight excluding hydrogens is 388 g/mol. The molecule has 0 radical (unpaired) electrons. The highest BCUT2D eigenvalue weighted by Crippen LogP contribution is 2.14. The van der Waals surface area contributed by atoms with E-state index in [0.717, 1.165) is 5.56 Å². The smallest absolute Gasteiger partial charge is 0.255 e. The van der Waals surface area contributed by atoms with E-state index in [1.807, 2.05) is 0 Å². The lowest BCUT2D eigenvalue weighted by Gasteiger charge is -2.14. The zero-order chi connectivity index (χ0) is 20.5. The van der Waals surface area contributed by atoms with Gasteiger partial charge in [-0.25, -0.2) is 9.97 Å². The molecule has 29 heavy (non-hydrogen) atoms. The third-order valence-corrected chi connectivity index (χ3v) is 4.81. The summed E-state index contributed by atoms with van der Waals surface area (Å²) in [6.07, 6.45) is 6.48. The van der Waals surface area contributed by atoms with E-state index in [0.29, 0.717) is 16.4 Å². The van der Waals surface area contributed by atoms with Crippen LogP contribution in [0.4, 0.5) is 5.69 Å². The molecule has 1 aromatic carbocycles. The predicted octanol–water partition coefficient (Wildman–Crippen LogP) is 2.03. The maximum atomic E-state index is 12.3. The van der Waals surface area contributed by atoms with Crippen molar-refractivity contribution < 1.29 is 9.59 Å². The summed E-state index contributed by atoms with van der Waals surface area (Å²) in [7, 11) is 0. The summed E-state index contributed by atoms with van der Waals surface area (Å²) >= 11 is 1.26. The van der Waals surface area contributed by atoms with Crippen LogP contribution in [0.5, 0.6) is 0 Å². The van der Waals surface area contributed by atoms with Gasteiger partial charge in [0.25, 0.3) is 5.91 Å². The van der Waals surface area contributed by atoms with Crippen molar-refractivity contribution in [2.75, 3.05) is 17.6 Å². The number of rotatable bonds is 8. The van der Waals surface area contributed by atoms with Gasteiger partial charge in [0.05, 0.1) is 5.75 Å². The SMILES string of the molecule is NC(CNC(=O)CSc1ncccn1)c1ccc(C(=O)Nc2ccncc2)cc1. The van der Waals surface area contributed by atoms with Gasteiger partial charge in [0.1, 0.15) is 0 Å². The summed E-state index contributed by atoms with van der Waals surface area (Å²) < 4.78 is 0. The zero-order valence-electron chi connectivity index (χ0n) is 15.5. The van der Waals surface area contributed by atoms with E-state index in [4.69, 9.17) is 5.73 Å². The minimum absolute atomic E-state index is 0.147. The topological polar surface area (TPSA) is 123 Å². The lowest BCUT2D eigenvalue weighted by atomic mass is 10.0. The molecule has 8 nitrogen and oxygen atoms in total. The normalized spacial score (nSPS) is 11.5. The minimum atomic E-state index is -0.380. The maximum absolute atomic E-state index is 12.3. The number of aromatic nitrogens is 3. The van der Waals surface area contributed by atoms with Gasteiger partial charge in [-0.05, 0) is 35.9 Å². The van der Waals surface area contributed by atoms with E-state index in [9.17, 15) is 9.59 Å². The zero-order valence-corrected chi connectivity index (χ0v) is 16.3. The van der Waals surface area contributed by atoms with Crippen LogP contribution in [-0.2, 0) is 4.79 Å². The summed E-state index contributed by atoms with van der Waals surface area (Å²) in [5, 5.41) is 6.14. The largest absolute Gasteiger partial charge is 0.353 e. The molecule has 0 aliphatic heterocycles. The summed E-state index contributed by atoms with van der Waals surface area (Å²) in [4.78, 5) is 36.3. The van der Waals surface area contributed by atoms with Crippen molar-refractivity contribution >= 4 is 29.3 Å². The molecule has 9 heteroatoms. The van der Waals surface area contributed by atoms with Gasteiger partial charge in [0, 0.05) is 48.6 Å². The molecule has 0 saturated heterocycles. The molecule has 0 aliphatic rings. The number of amides is 2. The van der Waals surface area contributed by atoms with Crippen molar-refractivity contribution in [3.8, 4) is 0 Å². The van der Waals surface area contributed by atoms with Gasteiger partial charge < -0.3 is 16.4 Å². The molecule has 3 aromatic rings. The second-order valence-corrected chi connectivity index (χ2v) is 6.99. The Labute approximate surface area is 172 Å². The average molecular weight is 408 g/mol. The summed E-state index contributed by atoms with van der Waals surface area (Å²) in [5.74, 6) is -0.152. The maximum Gasteiger partial charge on any atom is 0.255 e. The first-order valence-corrected chi connectivity index (χ1v) is 9.84. The Kier molecular flexibility index (Phi) is 7.26. The molecule has 2 amide bonds. The number of thioether (sulfide) groups is 1. The Morgan fingerprint density at radius 3 is 2.38 bits per heavy atom. The van der Waals surface area contributed by atoms with Crippen molar-refractivity contribution in [1.29, 1.82) is 0 Å². The summed E-state index contributed by atoms with van der Waals surface area (Å²) in [6.45, 7) is 0.289. The standard InChI is InChI=1S/C20H20N6O2S/c21-17(12-25-18(27)13-29-20-23-8-1-9-24-20)14-2-4-15(5-3-14)19(28)26-16-6-10-22-11-7-16/h1-11,17H,12-13,21H2,(H,25,27)(H,22,26,28). The molecule has 0 saturated carbocycles. The quantitative estimate of drug-likeness (QED) is 0.385. The van der Waals surface area contributed by atoms with Crippen LogP contribution in [0.25, 0.3) is 0 Å². The highest BCUT2D eigenvalue weighted by molar-refractivity contribution is 7.99. The van der Waals surface area contributed by atoms with Crippen LogP contribution in [0.1, 0.15) is 22.0 Å². The molecule has 0 bridgehead atoms. The molecule has 0 fully saturated rings. The fourth-order valence-electron chi connectivity index (χ4n) is 2.40. The monoisotopic (exact) mass is 408 g/mol. The number of nitrogens with two attached hydrogens (primary N) is 1. The minimum Gasteiger partial charge on any atom is -0.353 e. The van der Waals surface area contributed by atoms with Crippen LogP contribution < -0.4 is 16.4 Å². The van der Waals surface area contributed by atoms with E-state index in [-0.39, 0.29) is 30.2 Å². The van der Waals surface area contributed by atoms with Crippen molar-refractivity contribution in [3.63, 3.8) is 0 Å². The van der Waals surface area contributed by atoms with Gasteiger partial charge in [0.2, 0.25) is 5.91 Å². The number of carbonyl (C=O) groups excluding carboxylic acids is 2. The number of benzene rings is 1. The number of nitrogens with zero attached hydrogens (tertiary/aromatic N) is 3. The van der Waals surface area contributed by atoms with Crippen molar-refractivity contribution in [2.24, 2.45) is 5.73 Å². The van der Waals surface area contributed by atoms with E-state index >= 15 is 0 Å². The van der Waals surface area contributed by atoms with Crippen LogP contribution in [0.3, 0.4) is 0 Å². The molecule has 3 rings (SSSR count). The van der Waals surface area contributed by atoms with Crippen LogP contribution in [0, 0.1) is 0 Å². The predicted molar refractivity (Wildman–Crippen MR) is 111 cm³/mol. The number of nitrogens with one attached hydrogen (secondary N) is 2. The van der Waals surface area contributed by atoms with E-state index in [1.54, 1.807) is 67.3 Å². The Morgan fingerprint density at radius 1 is 1.00 bits per heavy atom. The van der Waals surface area contributed by atoms with Crippen LogP contribution >= 0.6 is 11.8 Å². The molecule has 1 atom stereocenters. The van der Waals surface area contributed by atoms with E-state index in [1.165, 1.54) is 11.8 Å². The first kappa shape index (κ1) is 20.4. The Balaban J connectivity index is 1.46. The highest BCUT2D eigenvalue weighted by atomic mass is 32.2. The fourth-order valence-corrected chi connectivity index (χ4v) is 3.04. The van der Waals surface area contributed by atoms with Crippen molar-refractivity contribution in [2.45, 2.75) is 11.2 Å². The first-order valence-electron chi connectivity index (χ1n) is 8.85. The van der Waals surface area contributed by atoms with Crippen molar-refractivity contribution in [3.05, 3.63) is 78.4 Å². The molecule has 2 aromatic heterocycles. The molecule has 4 N–H and O–H groups in total. The van der Waals surface area contributed by atoms with E-state index in [2.05, 4.69) is 25.6 Å². The molecular formula is C20H20N6O2S. The number of pyridine rings is 1. The number of anilines is 1. The van der Waals surface area contributed by atoms with Gasteiger partial charge in [-0.3, -0.25) is 14.6 Å². The Bertz CT molecular complexity index is 938. The van der Waals surface area contributed by atoms with Crippen LogP contribution in [-0.4, -0.2) is 39.1 Å². The summed E-state index contributed by atoms with van der Waals surface area (Å²) in [6, 6.07) is 11.7. The van der Waals surface area contributed by atoms with Gasteiger partial charge in [-0.15, -0.1) is 0 Å². The summed E-state index contributed by atoms with van der Waals surface area (Å²) in [5.41, 5.74) is 8.16. The Hall–Kier alpha value is -3.30. The Morgan fingerprint density at radius 2 is 1.69 bits per heavy atom. The first-order chi connectivity index (χ1) is 14.1.